The average Bonchev–Trinajstić information content (AvgIpc) is 2.90. The highest BCUT2D eigenvalue weighted by molar-refractivity contribution is 6.00. The zero-order valence-electron chi connectivity index (χ0n) is 10.1. The summed E-state index contributed by atoms with van der Waals surface area (Å²) in [6.45, 7) is 0.217. The molecule has 1 aromatic heterocycles. The van der Waals surface area contributed by atoms with Crippen LogP contribution in [0, 0.1) is 0 Å². The van der Waals surface area contributed by atoms with Crippen molar-refractivity contribution in [1.29, 1.82) is 0 Å². The van der Waals surface area contributed by atoms with Gasteiger partial charge in [0.2, 0.25) is 0 Å². The SMILES string of the molecule is O=C(OCc1ccccc1)c1onc2ccccc12. The molecule has 0 N–H and O–H groups in total. The van der Waals surface area contributed by atoms with E-state index in [0.29, 0.717) is 10.9 Å². The summed E-state index contributed by atoms with van der Waals surface area (Å²) in [5, 5.41) is 4.49. The van der Waals surface area contributed by atoms with Gasteiger partial charge in [-0.2, -0.15) is 0 Å². The van der Waals surface area contributed by atoms with Crippen molar-refractivity contribution in [2.24, 2.45) is 0 Å². The molecule has 0 saturated carbocycles. The van der Waals surface area contributed by atoms with Gasteiger partial charge in [-0.3, -0.25) is 0 Å². The molecule has 0 aliphatic heterocycles. The molecule has 0 aliphatic rings. The Bertz CT molecular complexity index is 703. The number of aromatic nitrogens is 1. The lowest BCUT2D eigenvalue weighted by Gasteiger charge is -2.02. The predicted octanol–water partition coefficient (Wildman–Crippen LogP) is 3.18. The van der Waals surface area contributed by atoms with Crippen LogP contribution in [0.25, 0.3) is 10.9 Å². The van der Waals surface area contributed by atoms with Crippen molar-refractivity contribution < 1.29 is 14.1 Å². The first-order chi connectivity index (χ1) is 9.34. The summed E-state index contributed by atoms with van der Waals surface area (Å²) < 4.78 is 10.2. The molecule has 0 radical (unpaired) electrons. The van der Waals surface area contributed by atoms with Crippen molar-refractivity contribution in [1.82, 2.24) is 5.16 Å². The number of benzene rings is 2. The van der Waals surface area contributed by atoms with Crippen LogP contribution < -0.4 is 0 Å². The number of esters is 1. The lowest BCUT2D eigenvalue weighted by Crippen LogP contribution is -2.04. The minimum atomic E-state index is -0.502. The largest absolute Gasteiger partial charge is 0.455 e. The second-order valence-corrected chi connectivity index (χ2v) is 4.09. The quantitative estimate of drug-likeness (QED) is 0.673. The van der Waals surface area contributed by atoms with Gasteiger partial charge < -0.3 is 9.26 Å². The Hall–Kier alpha value is -2.62. The molecule has 0 spiro atoms. The summed E-state index contributed by atoms with van der Waals surface area (Å²) >= 11 is 0. The van der Waals surface area contributed by atoms with Crippen LogP contribution in [0.1, 0.15) is 16.1 Å². The molecule has 1 heterocycles. The minimum absolute atomic E-state index is 0.145. The molecule has 0 bridgehead atoms. The fourth-order valence-corrected chi connectivity index (χ4v) is 1.83. The molecular formula is C15H11NO3. The fourth-order valence-electron chi connectivity index (χ4n) is 1.83. The van der Waals surface area contributed by atoms with Crippen molar-refractivity contribution in [2.75, 3.05) is 0 Å². The van der Waals surface area contributed by atoms with Crippen LogP contribution >= 0.6 is 0 Å². The topological polar surface area (TPSA) is 52.3 Å². The highest BCUT2D eigenvalue weighted by atomic mass is 16.6. The van der Waals surface area contributed by atoms with Crippen LogP contribution in [0.5, 0.6) is 0 Å². The number of hydrogen-bond donors (Lipinski definition) is 0. The lowest BCUT2D eigenvalue weighted by atomic mass is 10.2. The standard InChI is InChI=1S/C15H11NO3/c17-15(18-10-11-6-2-1-3-7-11)14-12-8-4-5-9-13(12)16-19-14/h1-9H,10H2. The zero-order chi connectivity index (χ0) is 13.1. The number of nitrogens with zero attached hydrogens (tertiary/aromatic N) is 1. The van der Waals surface area contributed by atoms with Gasteiger partial charge >= 0.3 is 5.97 Å². The van der Waals surface area contributed by atoms with Gasteiger partial charge in [0, 0.05) is 0 Å². The number of carbonyl (C=O) groups excluding carboxylic acids is 1. The number of ether oxygens (including phenoxy) is 1. The van der Waals surface area contributed by atoms with Gasteiger partial charge in [-0.25, -0.2) is 4.79 Å². The average molecular weight is 253 g/mol. The Balaban J connectivity index is 1.77. The van der Waals surface area contributed by atoms with Crippen LogP contribution in [0.15, 0.2) is 59.1 Å². The van der Waals surface area contributed by atoms with Crippen LogP contribution in [-0.4, -0.2) is 11.1 Å². The highest BCUT2D eigenvalue weighted by Crippen LogP contribution is 2.18. The second kappa shape index (κ2) is 4.94. The lowest BCUT2D eigenvalue weighted by molar-refractivity contribution is 0.0429. The maximum absolute atomic E-state index is 11.9. The Morgan fingerprint density at radius 2 is 1.79 bits per heavy atom. The smallest absolute Gasteiger partial charge is 0.378 e. The van der Waals surface area contributed by atoms with Crippen LogP contribution in [0.3, 0.4) is 0 Å². The summed E-state index contributed by atoms with van der Waals surface area (Å²) in [7, 11) is 0. The molecule has 94 valence electrons. The van der Waals surface area contributed by atoms with Gasteiger partial charge in [0.1, 0.15) is 12.1 Å². The van der Waals surface area contributed by atoms with Crippen LogP contribution in [0.4, 0.5) is 0 Å². The summed E-state index contributed by atoms with van der Waals surface area (Å²) in [6.07, 6.45) is 0. The van der Waals surface area contributed by atoms with E-state index in [1.54, 1.807) is 12.1 Å². The molecule has 0 fully saturated rings. The minimum Gasteiger partial charge on any atom is -0.455 e. The predicted molar refractivity (Wildman–Crippen MR) is 69.6 cm³/mol. The van der Waals surface area contributed by atoms with E-state index < -0.39 is 5.97 Å². The van der Waals surface area contributed by atoms with Crippen LogP contribution in [0.2, 0.25) is 0 Å². The van der Waals surface area contributed by atoms with E-state index in [-0.39, 0.29) is 12.4 Å². The van der Waals surface area contributed by atoms with Gasteiger partial charge in [0.05, 0.1) is 5.39 Å². The second-order valence-electron chi connectivity index (χ2n) is 4.09. The first-order valence-electron chi connectivity index (χ1n) is 5.90. The maximum Gasteiger partial charge on any atom is 0.378 e. The summed E-state index contributed by atoms with van der Waals surface area (Å²) in [6, 6.07) is 16.7. The van der Waals surface area contributed by atoms with E-state index in [1.165, 1.54) is 0 Å². The molecule has 0 aliphatic carbocycles. The third kappa shape index (κ3) is 2.33. The molecule has 19 heavy (non-hydrogen) atoms. The van der Waals surface area contributed by atoms with Crippen molar-refractivity contribution in [3.05, 3.63) is 65.9 Å². The van der Waals surface area contributed by atoms with Crippen molar-refractivity contribution in [2.45, 2.75) is 6.61 Å². The maximum atomic E-state index is 11.9. The Morgan fingerprint density at radius 1 is 1.05 bits per heavy atom. The normalized spacial score (nSPS) is 10.5. The number of carbonyl (C=O) groups is 1. The zero-order valence-corrected chi connectivity index (χ0v) is 10.1. The first kappa shape index (κ1) is 11.5. The fraction of sp³-hybridized carbons (Fsp3) is 0.0667. The third-order valence-electron chi connectivity index (χ3n) is 2.78. The van der Waals surface area contributed by atoms with E-state index in [9.17, 15) is 4.79 Å². The van der Waals surface area contributed by atoms with Gasteiger partial charge in [0.25, 0.3) is 5.76 Å². The molecule has 0 unspecified atom stereocenters. The summed E-state index contributed by atoms with van der Waals surface area (Å²) in [5.74, 6) is -0.357. The van der Waals surface area contributed by atoms with Crippen molar-refractivity contribution >= 4 is 16.9 Å². The van der Waals surface area contributed by atoms with Crippen molar-refractivity contribution in [3.63, 3.8) is 0 Å². The molecule has 3 aromatic rings. The molecule has 3 rings (SSSR count). The molecule has 2 aromatic carbocycles. The Labute approximate surface area is 109 Å². The number of rotatable bonds is 3. The Kier molecular flexibility index (Phi) is 2.98. The Morgan fingerprint density at radius 3 is 2.63 bits per heavy atom. The third-order valence-corrected chi connectivity index (χ3v) is 2.78. The van der Waals surface area contributed by atoms with Crippen molar-refractivity contribution in [3.8, 4) is 0 Å². The van der Waals surface area contributed by atoms with Gasteiger partial charge in [-0.05, 0) is 17.7 Å². The van der Waals surface area contributed by atoms with E-state index in [4.69, 9.17) is 9.26 Å². The monoisotopic (exact) mass is 253 g/mol. The van der Waals surface area contributed by atoms with Gasteiger partial charge in [-0.1, -0.05) is 47.6 Å². The molecule has 0 saturated heterocycles. The van der Waals surface area contributed by atoms with E-state index in [0.717, 1.165) is 5.56 Å². The number of fused-ring (bicyclic) bond motifs is 1. The van der Waals surface area contributed by atoms with Crippen LogP contribution in [-0.2, 0) is 11.3 Å². The molecule has 4 nitrogen and oxygen atoms in total. The molecule has 0 amide bonds. The van der Waals surface area contributed by atoms with Gasteiger partial charge in [0.15, 0.2) is 0 Å². The van der Waals surface area contributed by atoms with E-state index in [1.807, 2.05) is 42.5 Å². The molecule has 4 heteroatoms. The molecular weight excluding hydrogens is 242 g/mol. The van der Waals surface area contributed by atoms with E-state index in [2.05, 4.69) is 5.16 Å². The summed E-state index contributed by atoms with van der Waals surface area (Å²) in [5.41, 5.74) is 1.58. The summed E-state index contributed by atoms with van der Waals surface area (Å²) in [4.78, 5) is 11.9. The highest BCUT2D eigenvalue weighted by Gasteiger charge is 2.17. The van der Waals surface area contributed by atoms with Gasteiger partial charge in [-0.15, -0.1) is 0 Å². The number of hydrogen-bond acceptors (Lipinski definition) is 4. The first-order valence-corrected chi connectivity index (χ1v) is 5.90. The molecule has 0 atom stereocenters. The van der Waals surface area contributed by atoms with E-state index >= 15 is 0 Å².